The molecule has 0 saturated carbocycles. The van der Waals surface area contributed by atoms with Crippen LogP contribution < -0.4 is 5.73 Å². The molecule has 1 rings (SSSR count). The van der Waals surface area contributed by atoms with E-state index < -0.39 is 0 Å². The van der Waals surface area contributed by atoms with Crippen molar-refractivity contribution in [1.82, 2.24) is 9.97 Å². The van der Waals surface area contributed by atoms with Crippen LogP contribution in [0.4, 0.5) is 5.82 Å². The topological polar surface area (TPSA) is 70.3 Å². The molecule has 0 fully saturated rings. The fraction of sp³-hybridized carbons (Fsp3) is 0.556. The van der Waals surface area contributed by atoms with Crippen LogP contribution in [0, 0.1) is 3.57 Å². The van der Waals surface area contributed by atoms with Crippen LogP contribution in [-0.4, -0.2) is 30.8 Å². The lowest BCUT2D eigenvalue weighted by atomic mass is 10.3. The molecule has 0 aliphatic rings. The molecule has 6 heteroatoms. The Morgan fingerprint density at radius 2 is 2.00 bits per heavy atom. The number of hydrogen-bond acceptors (Lipinski definition) is 5. The highest BCUT2D eigenvalue weighted by Crippen LogP contribution is 2.17. The molecular formula is C9H14IN3O2. The lowest BCUT2D eigenvalue weighted by molar-refractivity contribution is 0.179. The molecule has 0 atom stereocenters. The fourth-order valence-electron chi connectivity index (χ4n) is 1.10. The summed E-state index contributed by atoms with van der Waals surface area (Å²) >= 11 is 2.12. The molecule has 1 aromatic heterocycles. The van der Waals surface area contributed by atoms with Crippen LogP contribution in [0.2, 0.25) is 0 Å². The van der Waals surface area contributed by atoms with Crippen molar-refractivity contribution in [3.8, 4) is 0 Å². The van der Waals surface area contributed by atoms with Gasteiger partial charge in [-0.05, 0) is 22.6 Å². The Bertz CT molecular complexity index is 333. The number of nitrogens with zero attached hydrogens (tertiary/aromatic N) is 2. The van der Waals surface area contributed by atoms with E-state index in [0.29, 0.717) is 31.3 Å². The maximum atomic E-state index is 5.77. The SMILES string of the molecule is COCCc1nc(N)c(I)c(COC)n1. The van der Waals surface area contributed by atoms with Crippen molar-refractivity contribution in [3.63, 3.8) is 0 Å². The molecule has 1 aromatic rings. The lowest BCUT2D eigenvalue weighted by Gasteiger charge is -2.07. The van der Waals surface area contributed by atoms with Crippen molar-refractivity contribution in [2.75, 3.05) is 26.6 Å². The van der Waals surface area contributed by atoms with Gasteiger partial charge in [0.2, 0.25) is 0 Å². The third-order valence-electron chi connectivity index (χ3n) is 1.80. The molecule has 84 valence electrons. The third-order valence-corrected chi connectivity index (χ3v) is 2.98. The highest BCUT2D eigenvalue weighted by molar-refractivity contribution is 14.1. The van der Waals surface area contributed by atoms with Crippen LogP contribution in [-0.2, 0) is 22.5 Å². The van der Waals surface area contributed by atoms with Crippen molar-refractivity contribution >= 4 is 28.4 Å². The standard InChI is InChI=1S/C9H14IN3O2/c1-14-4-3-7-12-6(5-15-2)8(10)9(11)13-7/h3-5H2,1-2H3,(H2,11,12,13). The summed E-state index contributed by atoms with van der Waals surface area (Å²) in [5.41, 5.74) is 6.60. The Morgan fingerprint density at radius 1 is 1.27 bits per heavy atom. The van der Waals surface area contributed by atoms with Gasteiger partial charge in [-0.3, -0.25) is 0 Å². The molecule has 0 unspecified atom stereocenters. The van der Waals surface area contributed by atoms with E-state index in [1.165, 1.54) is 0 Å². The van der Waals surface area contributed by atoms with Crippen LogP contribution >= 0.6 is 22.6 Å². The number of nitrogen functional groups attached to an aromatic ring is 1. The zero-order chi connectivity index (χ0) is 11.3. The molecule has 1 heterocycles. The van der Waals surface area contributed by atoms with Gasteiger partial charge in [0.05, 0.1) is 22.5 Å². The van der Waals surface area contributed by atoms with Crippen LogP contribution in [0.5, 0.6) is 0 Å². The summed E-state index contributed by atoms with van der Waals surface area (Å²) in [4.78, 5) is 8.53. The smallest absolute Gasteiger partial charge is 0.140 e. The van der Waals surface area contributed by atoms with Gasteiger partial charge >= 0.3 is 0 Å². The zero-order valence-electron chi connectivity index (χ0n) is 8.79. The Kier molecular flexibility index (Phi) is 5.20. The van der Waals surface area contributed by atoms with Gasteiger partial charge in [0.15, 0.2) is 0 Å². The van der Waals surface area contributed by atoms with Gasteiger partial charge in [0.1, 0.15) is 11.6 Å². The van der Waals surface area contributed by atoms with Crippen LogP contribution in [0.25, 0.3) is 0 Å². The van der Waals surface area contributed by atoms with E-state index in [0.717, 1.165) is 9.26 Å². The van der Waals surface area contributed by atoms with Crippen molar-refractivity contribution in [2.45, 2.75) is 13.0 Å². The number of anilines is 1. The molecule has 0 saturated heterocycles. The molecule has 2 N–H and O–H groups in total. The first kappa shape index (κ1) is 12.6. The normalized spacial score (nSPS) is 10.6. The predicted molar refractivity (Wildman–Crippen MR) is 65.5 cm³/mol. The molecule has 0 aromatic carbocycles. The van der Waals surface area contributed by atoms with Crippen molar-refractivity contribution < 1.29 is 9.47 Å². The quantitative estimate of drug-likeness (QED) is 0.819. The molecule has 0 aliphatic carbocycles. The highest BCUT2D eigenvalue weighted by Gasteiger charge is 2.09. The summed E-state index contributed by atoms with van der Waals surface area (Å²) in [5.74, 6) is 1.20. The van der Waals surface area contributed by atoms with Crippen LogP contribution in [0.1, 0.15) is 11.5 Å². The number of ether oxygens (including phenoxy) is 2. The minimum Gasteiger partial charge on any atom is -0.384 e. The first-order chi connectivity index (χ1) is 7.19. The van der Waals surface area contributed by atoms with Gasteiger partial charge in [0.25, 0.3) is 0 Å². The van der Waals surface area contributed by atoms with Crippen LogP contribution in [0.15, 0.2) is 0 Å². The second kappa shape index (κ2) is 6.19. The molecule has 0 radical (unpaired) electrons. The van der Waals surface area contributed by atoms with Crippen molar-refractivity contribution in [2.24, 2.45) is 0 Å². The second-order valence-corrected chi connectivity index (χ2v) is 4.04. The Hall–Kier alpha value is -0.470. The summed E-state index contributed by atoms with van der Waals surface area (Å²) in [7, 11) is 3.27. The van der Waals surface area contributed by atoms with E-state index >= 15 is 0 Å². The second-order valence-electron chi connectivity index (χ2n) is 2.96. The van der Waals surface area contributed by atoms with Gasteiger partial charge in [-0.1, -0.05) is 0 Å². The van der Waals surface area contributed by atoms with E-state index in [1.807, 2.05) is 0 Å². The summed E-state index contributed by atoms with van der Waals surface area (Å²) in [5, 5.41) is 0. The maximum Gasteiger partial charge on any atom is 0.140 e. The van der Waals surface area contributed by atoms with Gasteiger partial charge in [-0.25, -0.2) is 9.97 Å². The number of aromatic nitrogens is 2. The van der Waals surface area contributed by atoms with Crippen molar-refractivity contribution in [1.29, 1.82) is 0 Å². The molecule has 15 heavy (non-hydrogen) atoms. The van der Waals surface area contributed by atoms with Gasteiger partial charge in [-0.15, -0.1) is 0 Å². The molecule has 0 aliphatic heterocycles. The third kappa shape index (κ3) is 3.54. The van der Waals surface area contributed by atoms with E-state index in [-0.39, 0.29) is 0 Å². The van der Waals surface area contributed by atoms with Gasteiger partial charge in [0, 0.05) is 20.6 Å². The first-order valence-electron chi connectivity index (χ1n) is 4.47. The minimum absolute atomic E-state index is 0.449. The van der Waals surface area contributed by atoms with Gasteiger partial charge < -0.3 is 15.2 Å². The molecule has 0 spiro atoms. The number of halogens is 1. The lowest BCUT2D eigenvalue weighted by Crippen LogP contribution is -2.09. The highest BCUT2D eigenvalue weighted by atomic mass is 127. The molecular weight excluding hydrogens is 309 g/mol. The fourth-order valence-corrected chi connectivity index (χ4v) is 1.50. The summed E-state index contributed by atoms with van der Waals surface area (Å²) in [6.07, 6.45) is 0.661. The van der Waals surface area contributed by atoms with Gasteiger partial charge in [-0.2, -0.15) is 0 Å². The summed E-state index contributed by atoms with van der Waals surface area (Å²) in [6, 6.07) is 0. The average Bonchev–Trinajstić information content (AvgIpc) is 2.22. The monoisotopic (exact) mass is 323 g/mol. The zero-order valence-corrected chi connectivity index (χ0v) is 10.9. The summed E-state index contributed by atoms with van der Waals surface area (Å²) in [6.45, 7) is 1.04. The van der Waals surface area contributed by atoms with E-state index in [1.54, 1.807) is 14.2 Å². The van der Waals surface area contributed by atoms with Crippen molar-refractivity contribution in [3.05, 3.63) is 15.1 Å². The number of methoxy groups -OCH3 is 2. The number of nitrogens with two attached hydrogens (primary N) is 1. The average molecular weight is 323 g/mol. The van der Waals surface area contributed by atoms with E-state index in [4.69, 9.17) is 15.2 Å². The predicted octanol–water partition coefficient (Wildman–Crippen LogP) is 0.999. The number of rotatable bonds is 5. The maximum absolute atomic E-state index is 5.77. The Balaban J connectivity index is 2.90. The minimum atomic E-state index is 0.449. The first-order valence-corrected chi connectivity index (χ1v) is 5.55. The van der Waals surface area contributed by atoms with E-state index in [9.17, 15) is 0 Å². The summed E-state index contributed by atoms with van der Waals surface area (Å²) < 4.78 is 10.9. The largest absolute Gasteiger partial charge is 0.384 e. The molecule has 5 nitrogen and oxygen atoms in total. The molecule has 0 bridgehead atoms. The van der Waals surface area contributed by atoms with Crippen LogP contribution in [0.3, 0.4) is 0 Å². The van der Waals surface area contributed by atoms with E-state index in [2.05, 4.69) is 32.6 Å². The molecule has 0 amide bonds. The number of hydrogen-bond donors (Lipinski definition) is 1. The Labute approximate surface area is 103 Å². The Morgan fingerprint density at radius 3 is 2.60 bits per heavy atom.